The average molecular weight is 558 g/mol. The molecule has 0 unspecified atom stereocenters. The van der Waals surface area contributed by atoms with E-state index in [-0.39, 0.29) is 10.9 Å². The second kappa shape index (κ2) is 12.2. The fourth-order valence-corrected chi connectivity index (χ4v) is 9.17. The SMILES string of the molecule is Cc1ccc(S(=O)(=O)N[C@@H]2C/C(=C\C=C3/CCC[C@]4(C)[C@@H]([C@H](C)CCCC(C)(C)O)CC[C@@H]34)C[C@@H](O)C2)cc1. The summed E-state index contributed by atoms with van der Waals surface area (Å²) >= 11 is 0. The number of hydrogen-bond donors (Lipinski definition) is 3. The maximum absolute atomic E-state index is 13.0. The molecule has 218 valence electrons. The molecule has 0 heterocycles. The quantitative estimate of drug-likeness (QED) is 0.310. The highest BCUT2D eigenvalue weighted by Gasteiger charge is 2.50. The summed E-state index contributed by atoms with van der Waals surface area (Å²) < 4.78 is 28.8. The van der Waals surface area contributed by atoms with Crippen molar-refractivity contribution in [1.82, 2.24) is 4.72 Å². The predicted molar refractivity (Wildman–Crippen MR) is 159 cm³/mol. The molecule has 3 aliphatic carbocycles. The minimum absolute atomic E-state index is 0.271. The van der Waals surface area contributed by atoms with Crippen molar-refractivity contribution in [2.24, 2.45) is 23.2 Å². The molecule has 3 N–H and O–H groups in total. The Morgan fingerprint density at radius 3 is 2.56 bits per heavy atom. The summed E-state index contributed by atoms with van der Waals surface area (Å²) in [5.74, 6) is 1.99. The third-order valence-corrected chi connectivity index (χ3v) is 11.5. The Kier molecular flexibility index (Phi) is 9.52. The van der Waals surface area contributed by atoms with Crippen LogP contribution in [0.4, 0.5) is 0 Å². The molecule has 5 nitrogen and oxygen atoms in total. The first-order valence-electron chi connectivity index (χ1n) is 15.1. The molecule has 3 aliphatic rings. The molecule has 0 bridgehead atoms. The number of aliphatic hydroxyl groups excluding tert-OH is 1. The molecule has 3 fully saturated rings. The second-order valence-corrected chi connectivity index (χ2v) is 15.5. The van der Waals surface area contributed by atoms with Crippen LogP contribution < -0.4 is 4.72 Å². The standard InChI is InChI=1S/C33H51NO4S/c1-23-10-14-29(15-11-23)39(37,38)34-27-20-25(21-28(35)22-27)12-13-26-9-7-19-33(5)30(16-17-31(26)33)24(2)8-6-18-32(3,4)36/h10-15,24,27-28,30-31,34-36H,6-9,16-22H2,1-5H3/b25-12+,26-13+/t24-,27-,28-,30-,31+,33-/m1/s1. The van der Waals surface area contributed by atoms with E-state index in [1.165, 1.54) is 32.1 Å². The number of aliphatic hydroxyl groups is 2. The van der Waals surface area contributed by atoms with Gasteiger partial charge in [-0.05, 0) is 114 Å². The van der Waals surface area contributed by atoms with Crippen LogP contribution in [0.1, 0.15) is 104 Å². The number of aryl methyl sites for hydroxylation is 1. The zero-order chi connectivity index (χ0) is 28.4. The van der Waals surface area contributed by atoms with E-state index < -0.39 is 21.7 Å². The predicted octanol–water partition coefficient (Wildman–Crippen LogP) is 6.83. The lowest BCUT2D eigenvalue weighted by Gasteiger charge is -2.44. The van der Waals surface area contributed by atoms with Gasteiger partial charge in [0.25, 0.3) is 0 Å². The molecule has 1 aromatic rings. The summed E-state index contributed by atoms with van der Waals surface area (Å²) in [4.78, 5) is 0.271. The van der Waals surface area contributed by atoms with E-state index in [4.69, 9.17) is 0 Å². The number of hydrogen-bond acceptors (Lipinski definition) is 4. The lowest BCUT2D eigenvalue weighted by molar-refractivity contribution is 0.0596. The fourth-order valence-electron chi connectivity index (χ4n) is 7.93. The van der Waals surface area contributed by atoms with Crippen LogP contribution in [0.3, 0.4) is 0 Å². The van der Waals surface area contributed by atoms with Gasteiger partial charge in [-0.3, -0.25) is 0 Å². The van der Waals surface area contributed by atoms with Crippen LogP contribution in [0.25, 0.3) is 0 Å². The lowest BCUT2D eigenvalue weighted by Crippen LogP contribution is -2.40. The summed E-state index contributed by atoms with van der Waals surface area (Å²) in [5, 5.41) is 20.7. The Bertz CT molecular complexity index is 1150. The molecule has 6 heteroatoms. The molecule has 0 aromatic heterocycles. The molecule has 4 rings (SSSR count). The molecule has 0 aliphatic heterocycles. The minimum atomic E-state index is -3.63. The van der Waals surface area contributed by atoms with Crippen LogP contribution >= 0.6 is 0 Å². The van der Waals surface area contributed by atoms with Crippen molar-refractivity contribution in [1.29, 1.82) is 0 Å². The van der Waals surface area contributed by atoms with E-state index in [0.29, 0.717) is 36.5 Å². The maximum atomic E-state index is 13.0. The van der Waals surface area contributed by atoms with Gasteiger partial charge in [0.2, 0.25) is 10.0 Å². The second-order valence-electron chi connectivity index (χ2n) is 13.8. The summed E-state index contributed by atoms with van der Waals surface area (Å²) in [5.41, 5.74) is 3.43. The van der Waals surface area contributed by atoms with Gasteiger partial charge in [0.15, 0.2) is 0 Å². The van der Waals surface area contributed by atoms with Crippen LogP contribution in [0.5, 0.6) is 0 Å². The van der Waals surface area contributed by atoms with Gasteiger partial charge >= 0.3 is 0 Å². The molecule has 3 saturated carbocycles. The van der Waals surface area contributed by atoms with Gasteiger partial charge < -0.3 is 10.2 Å². The van der Waals surface area contributed by atoms with Gasteiger partial charge in [-0.1, -0.05) is 67.7 Å². The van der Waals surface area contributed by atoms with Crippen LogP contribution in [0.15, 0.2) is 52.5 Å². The summed E-state index contributed by atoms with van der Waals surface area (Å²) in [7, 11) is -3.63. The smallest absolute Gasteiger partial charge is 0.240 e. The number of fused-ring (bicyclic) bond motifs is 1. The Hall–Kier alpha value is -1.47. The first-order valence-corrected chi connectivity index (χ1v) is 16.6. The first-order chi connectivity index (χ1) is 18.3. The largest absolute Gasteiger partial charge is 0.393 e. The maximum Gasteiger partial charge on any atom is 0.240 e. The highest BCUT2D eigenvalue weighted by Crippen LogP contribution is 2.60. The van der Waals surface area contributed by atoms with Crippen LogP contribution in [0, 0.1) is 30.1 Å². The third-order valence-electron chi connectivity index (χ3n) is 9.92. The number of nitrogens with one attached hydrogen (secondary N) is 1. The van der Waals surface area contributed by atoms with Gasteiger partial charge in [0, 0.05) is 6.04 Å². The van der Waals surface area contributed by atoms with Gasteiger partial charge in [-0.2, -0.15) is 0 Å². The van der Waals surface area contributed by atoms with Crippen LogP contribution in [-0.4, -0.2) is 36.4 Å². The van der Waals surface area contributed by atoms with Crippen LogP contribution in [0.2, 0.25) is 0 Å². The summed E-state index contributed by atoms with van der Waals surface area (Å²) in [6.07, 6.45) is 14.9. The topological polar surface area (TPSA) is 86.6 Å². The van der Waals surface area contributed by atoms with E-state index >= 15 is 0 Å². The summed E-state index contributed by atoms with van der Waals surface area (Å²) in [6, 6.07) is 6.60. The molecular formula is C33H51NO4S. The van der Waals surface area contributed by atoms with Gasteiger partial charge in [0.1, 0.15) is 0 Å². The Morgan fingerprint density at radius 2 is 1.87 bits per heavy atom. The molecule has 39 heavy (non-hydrogen) atoms. The Balaban J connectivity index is 1.42. The van der Waals surface area contributed by atoms with E-state index in [1.807, 2.05) is 32.9 Å². The molecule has 0 saturated heterocycles. The van der Waals surface area contributed by atoms with E-state index in [2.05, 4.69) is 30.7 Å². The fraction of sp³-hybridized carbons (Fsp3) is 0.697. The number of benzene rings is 1. The lowest BCUT2D eigenvalue weighted by atomic mass is 9.60. The van der Waals surface area contributed by atoms with E-state index in [9.17, 15) is 18.6 Å². The van der Waals surface area contributed by atoms with E-state index in [1.54, 1.807) is 17.7 Å². The molecule has 0 spiro atoms. The van der Waals surface area contributed by atoms with Crippen molar-refractivity contribution in [2.45, 2.75) is 128 Å². The number of allylic oxidation sites excluding steroid dienone is 3. The molecule has 0 amide bonds. The van der Waals surface area contributed by atoms with Crippen LogP contribution in [-0.2, 0) is 10.0 Å². The highest BCUT2D eigenvalue weighted by molar-refractivity contribution is 7.89. The average Bonchev–Trinajstić information content (AvgIpc) is 3.19. The third kappa shape index (κ3) is 7.63. The van der Waals surface area contributed by atoms with Crippen molar-refractivity contribution in [3.05, 3.63) is 53.1 Å². The van der Waals surface area contributed by atoms with Gasteiger partial charge in [0.05, 0.1) is 16.6 Å². The van der Waals surface area contributed by atoms with Crippen molar-refractivity contribution in [2.75, 3.05) is 0 Å². The van der Waals surface area contributed by atoms with Crippen molar-refractivity contribution < 1.29 is 18.6 Å². The zero-order valence-electron chi connectivity index (χ0n) is 24.7. The van der Waals surface area contributed by atoms with Crippen molar-refractivity contribution >= 4 is 10.0 Å². The van der Waals surface area contributed by atoms with Crippen molar-refractivity contribution in [3.8, 4) is 0 Å². The molecule has 1 aromatic carbocycles. The first kappa shape index (κ1) is 30.5. The zero-order valence-corrected chi connectivity index (χ0v) is 25.6. The highest BCUT2D eigenvalue weighted by atomic mass is 32.2. The summed E-state index contributed by atoms with van der Waals surface area (Å²) in [6.45, 7) is 10.7. The molecule has 0 radical (unpaired) electrons. The Morgan fingerprint density at radius 1 is 1.15 bits per heavy atom. The number of sulfonamides is 1. The number of rotatable bonds is 9. The van der Waals surface area contributed by atoms with Crippen molar-refractivity contribution in [3.63, 3.8) is 0 Å². The normalized spacial score (nSPS) is 32.9. The minimum Gasteiger partial charge on any atom is -0.393 e. The molecular weight excluding hydrogens is 506 g/mol. The monoisotopic (exact) mass is 557 g/mol. The molecule has 6 atom stereocenters. The van der Waals surface area contributed by atoms with Gasteiger partial charge in [-0.25, -0.2) is 13.1 Å². The Labute approximate surface area is 237 Å². The van der Waals surface area contributed by atoms with Gasteiger partial charge in [-0.15, -0.1) is 0 Å². The van der Waals surface area contributed by atoms with E-state index in [0.717, 1.165) is 36.3 Å².